The van der Waals surface area contributed by atoms with Crippen molar-refractivity contribution in [2.75, 3.05) is 25.7 Å². The summed E-state index contributed by atoms with van der Waals surface area (Å²) in [4.78, 5) is 5.47. The highest BCUT2D eigenvalue weighted by Gasteiger charge is 2.32. The number of rotatable bonds is 4. The summed E-state index contributed by atoms with van der Waals surface area (Å²) in [5.41, 5.74) is -0.811. The van der Waals surface area contributed by atoms with Crippen molar-refractivity contribution >= 4 is 17.4 Å². The minimum absolute atomic E-state index is 0.109. The number of hydrogen-bond acceptors (Lipinski definition) is 3. The van der Waals surface area contributed by atoms with Crippen LogP contribution in [0.15, 0.2) is 12.1 Å². The SMILES string of the molecule is COCC(C)N(C)c1cc(C(F)(F)F)cc(Cl)n1. The molecule has 1 atom stereocenters. The van der Waals surface area contributed by atoms with Crippen LogP contribution < -0.4 is 4.90 Å². The number of hydrogen-bond donors (Lipinski definition) is 0. The summed E-state index contributed by atoms with van der Waals surface area (Å²) < 4.78 is 42.8. The predicted molar refractivity (Wildman–Crippen MR) is 64.0 cm³/mol. The normalized spacial score (nSPS) is 13.5. The van der Waals surface area contributed by atoms with Gasteiger partial charge < -0.3 is 9.64 Å². The molecule has 0 spiro atoms. The zero-order valence-electron chi connectivity index (χ0n) is 10.3. The molecule has 0 bridgehead atoms. The fraction of sp³-hybridized carbons (Fsp3) is 0.545. The third-order valence-corrected chi connectivity index (χ3v) is 2.73. The van der Waals surface area contributed by atoms with Crippen LogP contribution in [0.25, 0.3) is 0 Å². The van der Waals surface area contributed by atoms with Gasteiger partial charge in [-0.05, 0) is 19.1 Å². The monoisotopic (exact) mass is 282 g/mol. The van der Waals surface area contributed by atoms with Gasteiger partial charge in [-0.15, -0.1) is 0 Å². The summed E-state index contributed by atoms with van der Waals surface area (Å²) in [6.07, 6.45) is -4.44. The Hall–Kier alpha value is -1.01. The molecule has 0 aliphatic carbocycles. The Balaban J connectivity index is 3.06. The van der Waals surface area contributed by atoms with Crippen LogP contribution in [0.1, 0.15) is 12.5 Å². The Morgan fingerprint density at radius 3 is 2.56 bits per heavy atom. The molecule has 102 valence electrons. The number of anilines is 1. The maximum Gasteiger partial charge on any atom is 0.416 e. The van der Waals surface area contributed by atoms with Crippen LogP contribution in [0.4, 0.5) is 19.0 Å². The Kier molecular flexibility index (Phi) is 4.81. The number of halogens is 4. The average Bonchev–Trinajstić information content (AvgIpc) is 2.26. The molecule has 1 rings (SSSR count). The van der Waals surface area contributed by atoms with E-state index in [1.807, 2.05) is 6.92 Å². The lowest BCUT2D eigenvalue weighted by molar-refractivity contribution is -0.137. The van der Waals surface area contributed by atoms with Crippen molar-refractivity contribution in [1.29, 1.82) is 0 Å². The van der Waals surface area contributed by atoms with Gasteiger partial charge in [0.15, 0.2) is 0 Å². The molecule has 1 aromatic heterocycles. The van der Waals surface area contributed by atoms with Crippen molar-refractivity contribution < 1.29 is 17.9 Å². The maximum atomic E-state index is 12.6. The highest BCUT2D eigenvalue weighted by atomic mass is 35.5. The summed E-state index contributed by atoms with van der Waals surface area (Å²) in [7, 11) is 3.17. The van der Waals surface area contributed by atoms with E-state index in [1.54, 1.807) is 11.9 Å². The van der Waals surface area contributed by atoms with Crippen molar-refractivity contribution in [3.63, 3.8) is 0 Å². The van der Waals surface area contributed by atoms with Gasteiger partial charge in [0, 0.05) is 14.2 Å². The predicted octanol–water partition coefficient (Wildman–Crippen LogP) is 3.22. The van der Waals surface area contributed by atoms with Crippen molar-refractivity contribution in [1.82, 2.24) is 4.98 Å². The van der Waals surface area contributed by atoms with Gasteiger partial charge in [-0.2, -0.15) is 13.2 Å². The molecule has 0 N–H and O–H groups in total. The zero-order chi connectivity index (χ0) is 13.9. The van der Waals surface area contributed by atoms with E-state index in [2.05, 4.69) is 4.98 Å². The first-order chi connectivity index (χ1) is 8.25. The van der Waals surface area contributed by atoms with Crippen molar-refractivity contribution in [2.45, 2.75) is 19.1 Å². The molecule has 0 radical (unpaired) electrons. The number of nitrogens with zero attached hydrogens (tertiary/aromatic N) is 2. The fourth-order valence-electron chi connectivity index (χ4n) is 1.41. The van der Waals surface area contributed by atoms with Gasteiger partial charge in [-0.1, -0.05) is 11.6 Å². The number of likely N-dealkylation sites (N-methyl/N-ethyl adjacent to an activating group) is 1. The number of aromatic nitrogens is 1. The Morgan fingerprint density at radius 1 is 1.44 bits per heavy atom. The van der Waals surface area contributed by atoms with Crippen molar-refractivity contribution in [3.8, 4) is 0 Å². The zero-order valence-corrected chi connectivity index (χ0v) is 11.0. The molecule has 0 aromatic carbocycles. The minimum Gasteiger partial charge on any atom is -0.383 e. The summed E-state index contributed by atoms with van der Waals surface area (Å²) in [6.45, 7) is 2.20. The van der Waals surface area contributed by atoms with Gasteiger partial charge >= 0.3 is 6.18 Å². The number of methoxy groups -OCH3 is 1. The maximum absolute atomic E-state index is 12.6. The number of ether oxygens (including phenoxy) is 1. The van der Waals surface area contributed by atoms with E-state index in [0.29, 0.717) is 6.61 Å². The smallest absolute Gasteiger partial charge is 0.383 e. The van der Waals surface area contributed by atoms with E-state index in [0.717, 1.165) is 12.1 Å². The van der Waals surface area contributed by atoms with Crippen LogP contribution in [0.5, 0.6) is 0 Å². The lowest BCUT2D eigenvalue weighted by Gasteiger charge is -2.26. The topological polar surface area (TPSA) is 25.4 Å². The molecule has 0 amide bonds. The third-order valence-electron chi connectivity index (χ3n) is 2.54. The second-order valence-corrected chi connectivity index (χ2v) is 4.34. The van der Waals surface area contributed by atoms with Crippen LogP contribution in [0.2, 0.25) is 5.15 Å². The molecule has 1 heterocycles. The van der Waals surface area contributed by atoms with E-state index in [1.165, 1.54) is 7.11 Å². The van der Waals surface area contributed by atoms with Crippen LogP contribution in [-0.2, 0) is 10.9 Å². The minimum atomic E-state index is -4.44. The summed E-state index contributed by atoms with van der Waals surface area (Å²) in [5, 5.41) is -0.184. The first-order valence-corrected chi connectivity index (χ1v) is 5.60. The average molecular weight is 283 g/mol. The van der Waals surface area contributed by atoms with E-state index < -0.39 is 11.7 Å². The second kappa shape index (κ2) is 5.75. The molecule has 7 heteroatoms. The summed E-state index contributed by atoms with van der Waals surface area (Å²) in [5.74, 6) is 0.166. The van der Waals surface area contributed by atoms with Gasteiger partial charge in [0.05, 0.1) is 18.2 Å². The van der Waals surface area contributed by atoms with Crippen LogP contribution >= 0.6 is 11.6 Å². The van der Waals surface area contributed by atoms with E-state index in [4.69, 9.17) is 16.3 Å². The first-order valence-electron chi connectivity index (χ1n) is 5.22. The Labute approximate surface area is 109 Å². The van der Waals surface area contributed by atoms with Gasteiger partial charge in [0.1, 0.15) is 11.0 Å². The molecular weight excluding hydrogens is 269 g/mol. The molecule has 0 fully saturated rings. The van der Waals surface area contributed by atoms with Gasteiger partial charge in [-0.3, -0.25) is 0 Å². The molecule has 1 aromatic rings. The Morgan fingerprint density at radius 2 is 2.06 bits per heavy atom. The largest absolute Gasteiger partial charge is 0.416 e. The molecule has 0 aliphatic heterocycles. The van der Waals surface area contributed by atoms with Crippen LogP contribution in [0.3, 0.4) is 0 Å². The Bertz CT molecular complexity index is 412. The molecule has 0 aliphatic rings. The lowest BCUT2D eigenvalue weighted by Crippen LogP contribution is -2.33. The van der Waals surface area contributed by atoms with Crippen LogP contribution in [0, 0.1) is 0 Å². The van der Waals surface area contributed by atoms with Gasteiger partial charge in [0.2, 0.25) is 0 Å². The highest BCUT2D eigenvalue weighted by Crippen LogP contribution is 2.32. The first kappa shape index (κ1) is 15.0. The molecule has 3 nitrogen and oxygen atoms in total. The lowest BCUT2D eigenvalue weighted by atomic mass is 10.2. The molecule has 18 heavy (non-hydrogen) atoms. The van der Waals surface area contributed by atoms with E-state index in [-0.39, 0.29) is 17.0 Å². The fourth-order valence-corrected chi connectivity index (χ4v) is 1.61. The van der Waals surface area contributed by atoms with E-state index in [9.17, 15) is 13.2 Å². The second-order valence-electron chi connectivity index (χ2n) is 3.95. The third kappa shape index (κ3) is 3.74. The van der Waals surface area contributed by atoms with Gasteiger partial charge in [-0.25, -0.2) is 4.98 Å². The van der Waals surface area contributed by atoms with E-state index >= 15 is 0 Å². The molecule has 1 unspecified atom stereocenters. The van der Waals surface area contributed by atoms with Crippen molar-refractivity contribution in [2.24, 2.45) is 0 Å². The highest BCUT2D eigenvalue weighted by molar-refractivity contribution is 6.29. The quantitative estimate of drug-likeness (QED) is 0.793. The number of alkyl halides is 3. The standard InChI is InChI=1S/C11H14ClF3N2O/c1-7(6-18-3)17(2)10-5-8(11(13,14)15)4-9(12)16-10/h4-5,7H,6H2,1-3H3. The molecular formula is C11H14ClF3N2O. The summed E-state index contributed by atoms with van der Waals surface area (Å²) >= 11 is 5.61. The van der Waals surface area contributed by atoms with Crippen LogP contribution in [-0.4, -0.2) is 31.8 Å². The van der Waals surface area contributed by atoms with Gasteiger partial charge in [0.25, 0.3) is 0 Å². The number of pyridine rings is 1. The molecule has 0 saturated heterocycles. The molecule has 0 saturated carbocycles. The van der Waals surface area contributed by atoms with Crippen molar-refractivity contribution in [3.05, 3.63) is 22.8 Å². The summed E-state index contributed by atoms with van der Waals surface area (Å²) in [6, 6.07) is 1.67.